The SMILES string of the molecule is CNC1CCCN(C(=O)C(NS(=O)(=O)c2ccccc2F)C(C)C)C1.Cl. The van der Waals surface area contributed by atoms with E-state index in [-0.39, 0.29) is 30.3 Å². The van der Waals surface area contributed by atoms with Gasteiger partial charge in [-0.2, -0.15) is 4.72 Å². The second kappa shape index (κ2) is 9.64. The molecule has 0 bridgehead atoms. The van der Waals surface area contributed by atoms with Gasteiger partial charge in [0.05, 0.1) is 0 Å². The van der Waals surface area contributed by atoms with E-state index >= 15 is 0 Å². The highest BCUT2D eigenvalue weighted by Gasteiger charge is 2.34. The fourth-order valence-corrected chi connectivity index (χ4v) is 4.39. The highest BCUT2D eigenvalue weighted by atomic mass is 35.5. The zero-order chi connectivity index (χ0) is 18.6. The fourth-order valence-electron chi connectivity index (χ4n) is 2.97. The largest absolute Gasteiger partial charge is 0.340 e. The number of likely N-dealkylation sites (N-methyl/N-ethyl adjacent to an activating group) is 1. The predicted octanol–water partition coefficient (Wildman–Crippen LogP) is 1.76. The zero-order valence-corrected chi connectivity index (χ0v) is 16.9. The first-order valence-corrected chi connectivity index (χ1v) is 9.97. The van der Waals surface area contributed by atoms with Crippen LogP contribution >= 0.6 is 12.4 Å². The summed E-state index contributed by atoms with van der Waals surface area (Å²) in [5.41, 5.74) is 0. The van der Waals surface area contributed by atoms with Crippen molar-refractivity contribution in [3.8, 4) is 0 Å². The molecule has 0 saturated carbocycles. The maximum Gasteiger partial charge on any atom is 0.244 e. The first-order valence-electron chi connectivity index (χ1n) is 8.49. The van der Waals surface area contributed by atoms with Crippen LogP contribution in [0.1, 0.15) is 26.7 Å². The van der Waals surface area contributed by atoms with E-state index < -0.39 is 26.8 Å². The molecule has 26 heavy (non-hydrogen) atoms. The Morgan fingerprint density at radius 2 is 1.96 bits per heavy atom. The normalized spacial score (nSPS) is 19.1. The smallest absolute Gasteiger partial charge is 0.244 e. The minimum absolute atomic E-state index is 0. The van der Waals surface area contributed by atoms with E-state index in [0.29, 0.717) is 13.1 Å². The van der Waals surface area contributed by atoms with Crippen LogP contribution in [0.25, 0.3) is 0 Å². The number of benzene rings is 1. The monoisotopic (exact) mass is 407 g/mol. The predicted molar refractivity (Wildman–Crippen MR) is 101 cm³/mol. The van der Waals surface area contributed by atoms with Crippen molar-refractivity contribution >= 4 is 28.3 Å². The Labute approximate surface area is 161 Å². The fraction of sp³-hybridized carbons (Fsp3) is 0.588. The zero-order valence-electron chi connectivity index (χ0n) is 15.2. The van der Waals surface area contributed by atoms with Gasteiger partial charge >= 0.3 is 0 Å². The number of rotatable bonds is 6. The average Bonchev–Trinajstić information content (AvgIpc) is 2.59. The van der Waals surface area contributed by atoms with Crippen LogP contribution in [-0.4, -0.2) is 51.4 Å². The Kier molecular flexibility index (Phi) is 8.46. The van der Waals surface area contributed by atoms with Crippen LogP contribution in [0.5, 0.6) is 0 Å². The van der Waals surface area contributed by atoms with Crippen molar-refractivity contribution in [3.63, 3.8) is 0 Å². The van der Waals surface area contributed by atoms with Crippen LogP contribution in [0, 0.1) is 11.7 Å². The summed E-state index contributed by atoms with van der Waals surface area (Å²) in [7, 11) is -2.28. The molecule has 2 rings (SSSR count). The number of halogens is 2. The van der Waals surface area contributed by atoms with E-state index in [2.05, 4.69) is 10.0 Å². The summed E-state index contributed by atoms with van der Waals surface area (Å²) in [6.45, 7) is 4.68. The van der Waals surface area contributed by atoms with E-state index in [1.807, 2.05) is 7.05 Å². The lowest BCUT2D eigenvalue weighted by atomic mass is 10.0. The van der Waals surface area contributed by atoms with Crippen LogP contribution < -0.4 is 10.0 Å². The highest BCUT2D eigenvalue weighted by Crippen LogP contribution is 2.18. The van der Waals surface area contributed by atoms with Crippen LogP contribution in [0.4, 0.5) is 4.39 Å². The molecule has 9 heteroatoms. The van der Waals surface area contributed by atoms with Crippen molar-refractivity contribution in [1.29, 1.82) is 0 Å². The molecule has 1 aliphatic rings. The maximum atomic E-state index is 13.9. The lowest BCUT2D eigenvalue weighted by Gasteiger charge is -2.35. The molecule has 2 atom stereocenters. The summed E-state index contributed by atoms with van der Waals surface area (Å²) in [4.78, 5) is 14.1. The summed E-state index contributed by atoms with van der Waals surface area (Å²) >= 11 is 0. The lowest BCUT2D eigenvalue weighted by molar-refractivity contribution is -0.135. The number of carbonyl (C=O) groups is 1. The van der Waals surface area contributed by atoms with Crippen molar-refractivity contribution < 1.29 is 17.6 Å². The van der Waals surface area contributed by atoms with Gasteiger partial charge in [-0.25, -0.2) is 12.8 Å². The summed E-state index contributed by atoms with van der Waals surface area (Å²) in [5.74, 6) is -1.36. The molecule has 0 aromatic heterocycles. The molecule has 148 valence electrons. The number of amides is 1. The van der Waals surface area contributed by atoms with Gasteiger partial charge in [0.15, 0.2) is 0 Å². The van der Waals surface area contributed by atoms with Gasteiger partial charge in [-0.15, -0.1) is 12.4 Å². The second-order valence-corrected chi connectivity index (χ2v) is 8.37. The van der Waals surface area contributed by atoms with E-state index in [4.69, 9.17) is 0 Å². The number of likely N-dealkylation sites (tertiary alicyclic amines) is 1. The van der Waals surface area contributed by atoms with Crippen molar-refractivity contribution in [3.05, 3.63) is 30.1 Å². The van der Waals surface area contributed by atoms with E-state index in [9.17, 15) is 17.6 Å². The average molecular weight is 408 g/mol. The third-order valence-corrected chi connectivity index (χ3v) is 5.96. The van der Waals surface area contributed by atoms with E-state index in [1.54, 1.807) is 18.7 Å². The quantitative estimate of drug-likeness (QED) is 0.753. The van der Waals surface area contributed by atoms with Gasteiger partial charge in [0.1, 0.15) is 16.8 Å². The van der Waals surface area contributed by atoms with Crippen molar-refractivity contribution in [2.45, 2.75) is 43.7 Å². The highest BCUT2D eigenvalue weighted by molar-refractivity contribution is 7.89. The third kappa shape index (κ3) is 5.39. The van der Waals surface area contributed by atoms with Crippen LogP contribution in [0.15, 0.2) is 29.2 Å². The first-order chi connectivity index (χ1) is 11.8. The molecule has 0 spiro atoms. The molecule has 1 saturated heterocycles. The third-order valence-electron chi connectivity index (χ3n) is 4.48. The number of nitrogens with zero attached hydrogens (tertiary/aromatic N) is 1. The van der Waals surface area contributed by atoms with Gasteiger partial charge in [-0.05, 0) is 37.9 Å². The Balaban J connectivity index is 0.00000338. The van der Waals surface area contributed by atoms with E-state index in [1.165, 1.54) is 18.2 Å². The van der Waals surface area contributed by atoms with Crippen molar-refractivity contribution in [2.75, 3.05) is 20.1 Å². The summed E-state index contributed by atoms with van der Waals surface area (Å²) in [6, 6.07) is 4.42. The number of carbonyl (C=O) groups excluding carboxylic acids is 1. The molecule has 6 nitrogen and oxygen atoms in total. The first kappa shape index (κ1) is 22.8. The summed E-state index contributed by atoms with van der Waals surface area (Å²) in [6.07, 6.45) is 1.84. The molecule has 2 unspecified atom stereocenters. The van der Waals surface area contributed by atoms with Gasteiger partial charge in [-0.1, -0.05) is 26.0 Å². The molecular weight excluding hydrogens is 381 g/mol. The van der Waals surface area contributed by atoms with Crippen LogP contribution in [-0.2, 0) is 14.8 Å². The minimum Gasteiger partial charge on any atom is -0.340 e. The number of sulfonamides is 1. The number of hydrogen-bond acceptors (Lipinski definition) is 4. The maximum absolute atomic E-state index is 13.9. The van der Waals surface area contributed by atoms with Crippen molar-refractivity contribution in [1.82, 2.24) is 14.9 Å². The molecule has 1 amide bonds. The van der Waals surface area contributed by atoms with Gasteiger partial charge in [0.25, 0.3) is 0 Å². The van der Waals surface area contributed by atoms with Gasteiger partial charge in [0, 0.05) is 19.1 Å². The van der Waals surface area contributed by atoms with Gasteiger partial charge < -0.3 is 10.2 Å². The standard InChI is InChI=1S/C17H26FN3O3S.ClH/c1-12(2)16(17(22)21-10-6-7-13(11-21)19-3)20-25(23,24)15-9-5-4-8-14(15)18;/h4-5,8-9,12-13,16,19-20H,6-7,10-11H2,1-3H3;1H. The van der Waals surface area contributed by atoms with Gasteiger partial charge in [-0.3, -0.25) is 4.79 Å². The molecule has 1 heterocycles. The molecule has 0 aliphatic carbocycles. The topological polar surface area (TPSA) is 78.5 Å². The molecule has 2 N–H and O–H groups in total. The van der Waals surface area contributed by atoms with Crippen LogP contribution in [0.3, 0.4) is 0 Å². The number of piperidine rings is 1. The minimum atomic E-state index is -4.13. The molecule has 0 radical (unpaired) electrons. The second-order valence-electron chi connectivity index (χ2n) is 6.69. The number of hydrogen-bond donors (Lipinski definition) is 2. The van der Waals surface area contributed by atoms with Crippen molar-refractivity contribution in [2.24, 2.45) is 5.92 Å². The molecule has 1 aliphatic heterocycles. The number of nitrogens with one attached hydrogen (secondary N) is 2. The Bertz CT molecular complexity index is 715. The Morgan fingerprint density at radius 1 is 1.31 bits per heavy atom. The molecular formula is C17H27ClFN3O3S. The Morgan fingerprint density at radius 3 is 2.54 bits per heavy atom. The van der Waals surface area contributed by atoms with E-state index in [0.717, 1.165) is 18.9 Å². The molecule has 1 aromatic carbocycles. The summed E-state index contributed by atoms with van der Waals surface area (Å²) < 4.78 is 41.4. The Hall–Kier alpha value is -1.22. The van der Waals surface area contributed by atoms with Gasteiger partial charge in [0.2, 0.25) is 15.9 Å². The van der Waals surface area contributed by atoms with Crippen LogP contribution in [0.2, 0.25) is 0 Å². The molecule has 1 aromatic rings. The molecule has 1 fully saturated rings. The lowest BCUT2D eigenvalue weighted by Crippen LogP contribution is -2.55. The summed E-state index contributed by atoms with van der Waals surface area (Å²) in [5, 5.41) is 3.16.